The van der Waals surface area contributed by atoms with E-state index in [-0.39, 0.29) is 29.5 Å². The van der Waals surface area contributed by atoms with Gasteiger partial charge in [0, 0.05) is 18.7 Å². The van der Waals surface area contributed by atoms with Crippen molar-refractivity contribution in [3.05, 3.63) is 65.4 Å². The molecule has 0 saturated carbocycles. The molecule has 1 aromatic carbocycles. The molecule has 2 atom stereocenters. The molecule has 0 radical (unpaired) electrons. The van der Waals surface area contributed by atoms with Crippen LogP contribution in [0.3, 0.4) is 0 Å². The number of carbonyl (C=O) groups excluding carboxylic acids is 2. The summed E-state index contributed by atoms with van der Waals surface area (Å²) in [5, 5.41) is 10.7. The lowest BCUT2D eigenvalue weighted by Crippen LogP contribution is -2.36. The number of aliphatic hydroxyl groups is 1. The van der Waals surface area contributed by atoms with Crippen LogP contribution in [0.5, 0.6) is 0 Å². The van der Waals surface area contributed by atoms with Gasteiger partial charge in [-0.15, -0.1) is 0 Å². The van der Waals surface area contributed by atoms with Crippen LogP contribution in [-0.2, 0) is 14.3 Å². The third-order valence-electron chi connectivity index (χ3n) is 4.89. The molecule has 0 bridgehead atoms. The maximum Gasteiger partial charge on any atom is 0.295 e. The number of hydrogen-bond donors (Lipinski definition) is 1. The van der Waals surface area contributed by atoms with Gasteiger partial charge < -0.3 is 19.2 Å². The summed E-state index contributed by atoms with van der Waals surface area (Å²) in [7, 11) is 0. The lowest BCUT2D eigenvalue weighted by molar-refractivity contribution is -0.141. The van der Waals surface area contributed by atoms with E-state index in [1.807, 2.05) is 0 Å². The summed E-state index contributed by atoms with van der Waals surface area (Å²) >= 11 is 0. The Labute approximate surface area is 154 Å². The van der Waals surface area contributed by atoms with E-state index < -0.39 is 23.5 Å². The zero-order chi connectivity index (χ0) is 19.0. The highest BCUT2D eigenvalue weighted by Crippen LogP contribution is 2.40. The summed E-state index contributed by atoms with van der Waals surface area (Å²) < 4.78 is 24.3. The van der Waals surface area contributed by atoms with Gasteiger partial charge in [-0.3, -0.25) is 9.59 Å². The van der Waals surface area contributed by atoms with Gasteiger partial charge >= 0.3 is 0 Å². The molecular formula is C20H18FNO5. The second kappa shape index (κ2) is 7.00. The summed E-state index contributed by atoms with van der Waals surface area (Å²) in [6.07, 6.45) is 2.98. The Morgan fingerprint density at radius 3 is 2.63 bits per heavy atom. The van der Waals surface area contributed by atoms with Crippen molar-refractivity contribution in [1.29, 1.82) is 0 Å². The molecule has 2 aliphatic heterocycles. The second-order valence-corrected chi connectivity index (χ2v) is 6.61. The van der Waals surface area contributed by atoms with Crippen molar-refractivity contribution < 1.29 is 28.2 Å². The van der Waals surface area contributed by atoms with Crippen molar-refractivity contribution >= 4 is 17.4 Å². The number of amides is 1. The predicted octanol–water partition coefficient (Wildman–Crippen LogP) is 3.02. The minimum atomic E-state index is -0.853. The number of carbonyl (C=O) groups is 2. The fraction of sp³-hybridized carbons (Fsp3) is 0.300. The highest BCUT2D eigenvalue weighted by molar-refractivity contribution is 6.46. The summed E-state index contributed by atoms with van der Waals surface area (Å²) in [4.78, 5) is 26.8. The van der Waals surface area contributed by atoms with Crippen LogP contribution < -0.4 is 0 Å². The van der Waals surface area contributed by atoms with Crippen LogP contribution >= 0.6 is 0 Å². The van der Waals surface area contributed by atoms with E-state index >= 15 is 0 Å². The number of likely N-dealkylation sites (tertiary alicyclic amines) is 1. The number of halogens is 1. The lowest BCUT2D eigenvalue weighted by atomic mass is 9.99. The van der Waals surface area contributed by atoms with E-state index in [1.54, 1.807) is 12.1 Å². The van der Waals surface area contributed by atoms with Crippen LogP contribution in [0.2, 0.25) is 0 Å². The van der Waals surface area contributed by atoms with E-state index in [0.717, 1.165) is 12.8 Å². The van der Waals surface area contributed by atoms with Crippen LogP contribution in [0.25, 0.3) is 5.76 Å². The maximum absolute atomic E-state index is 13.2. The number of furan rings is 1. The predicted molar refractivity (Wildman–Crippen MR) is 93.1 cm³/mol. The zero-order valence-corrected chi connectivity index (χ0v) is 14.4. The normalized spacial score (nSPS) is 24.7. The number of nitrogens with zero attached hydrogens (tertiary/aromatic N) is 1. The number of aliphatic hydroxyl groups excluding tert-OH is 1. The van der Waals surface area contributed by atoms with Crippen molar-refractivity contribution in [3.63, 3.8) is 0 Å². The first-order valence-electron chi connectivity index (χ1n) is 8.75. The second-order valence-electron chi connectivity index (χ2n) is 6.61. The Morgan fingerprint density at radius 1 is 1.22 bits per heavy atom. The molecule has 0 aliphatic carbocycles. The number of hydrogen-bond acceptors (Lipinski definition) is 5. The molecule has 4 rings (SSSR count). The average Bonchev–Trinajstić information content (AvgIpc) is 3.40. The minimum Gasteiger partial charge on any atom is -0.507 e. The van der Waals surface area contributed by atoms with Gasteiger partial charge in [-0.1, -0.05) is 0 Å². The van der Waals surface area contributed by atoms with E-state index in [4.69, 9.17) is 9.15 Å². The van der Waals surface area contributed by atoms with Gasteiger partial charge in [0.2, 0.25) is 0 Å². The van der Waals surface area contributed by atoms with E-state index in [0.29, 0.717) is 12.4 Å². The molecule has 2 aromatic rings. The highest BCUT2D eigenvalue weighted by atomic mass is 19.1. The number of Topliss-reactive ketones (excluding diaryl/α,β-unsaturated/α-hetero) is 1. The van der Waals surface area contributed by atoms with Gasteiger partial charge in [0.25, 0.3) is 11.7 Å². The summed E-state index contributed by atoms with van der Waals surface area (Å²) in [6, 6.07) is 7.53. The standard InChI is InChI=1S/C20H18FNO5/c21-13-7-5-12(6-8-13)18(23)16-17(15-4-2-10-27-15)22(20(25)19(16)24)11-14-3-1-9-26-14/h2,4-8,10,14,17,23H,1,3,9,11H2/t14-,17-/m1/s1. The van der Waals surface area contributed by atoms with E-state index in [1.165, 1.54) is 35.4 Å². The van der Waals surface area contributed by atoms with Crippen molar-refractivity contribution in [1.82, 2.24) is 4.90 Å². The first-order valence-corrected chi connectivity index (χ1v) is 8.75. The topological polar surface area (TPSA) is 80.0 Å². The Kier molecular flexibility index (Phi) is 4.53. The summed E-state index contributed by atoms with van der Waals surface area (Å²) in [5.74, 6) is -1.96. The quantitative estimate of drug-likeness (QED) is 0.508. The van der Waals surface area contributed by atoms with Crippen LogP contribution in [-0.4, -0.2) is 41.0 Å². The molecule has 2 aliphatic rings. The van der Waals surface area contributed by atoms with Crippen molar-refractivity contribution in [2.45, 2.75) is 25.0 Å². The first-order chi connectivity index (χ1) is 13.1. The Balaban J connectivity index is 1.78. The number of ketones is 1. The third kappa shape index (κ3) is 3.14. The number of rotatable bonds is 4. The Hall–Kier alpha value is -2.93. The minimum absolute atomic E-state index is 0.0699. The molecule has 7 heteroatoms. The van der Waals surface area contributed by atoms with Gasteiger partial charge in [0.15, 0.2) is 0 Å². The van der Waals surface area contributed by atoms with Gasteiger partial charge in [0.1, 0.15) is 23.4 Å². The summed E-state index contributed by atoms with van der Waals surface area (Å²) in [5.41, 5.74) is 0.183. The van der Waals surface area contributed by atoms with Gasteiger partial charge in [-0.25, -0.2) is 4.39 Å². The van der Waals surface area contributed by atoms with Crippen molar-refractivity contribution in [2.24, 2.45) is 0 Å². The molecule has 0 spiro atoms. The van der Waals surface area contributed by atoms with Crippen LogP contribution in [0.15, 0.2) is 52.7 Å². The Morgan fingerprint density at radius 2 is 2.00 bits per heavy atom. The van der Waals surface area contributed by atoms with E-state index in [2.05, 4.69) is 0 Å². The van der Waals surface area contributed by atoms with Crippen LogP contribution in [0.4, 0.5) is 4.39 Å². The molecular weight excluding hydrogens is 353 g/mol. The van der Waals surface area contributed by atoms with Gasteiger partial charge in [-0.2, -0.15) is 0 Å². The SMILES string of the molecule is O=C1C(=O)N(C[C@H]2CCCO2)[C@H](c2ccco2)C1=C(O)c1ccc(F)cc1. The molecule has 2 fully saturated rings. The van der Waals surface area contributed by atoms with Crippen molar-refractivity contribution in [2.75, 3.05) is 13.2 Å². The van der Waals surface area contributed by atoms with Crippen LogP contribution in [0.1, 0.15) is 30.2 Å². The van der Waals surface area contributed by atoms with Gasteiger partial charge in [0.05, 0.1) is 17.9 Å². The smallest absolute Gasteiger partial charge is 0.295 e. The number of ether oxygens (including phenoxy) is 1. The van der Waals surface area contributed by atoms with Crippen LogP contribution in [0, 0.1) is 5.82 Å². The Bertz CT molecular complexity index is 882. The number of benzene rings is 1. The average molecular weight is 371 g/mol. The molecule has 1 aromatic heterocycles. The third-order valence-corrected chi connectivity index (χ3v) is 4.89. The fourth-order valence-electron chi connectivity index (χ4n) is 3.58. The molecule has 1 N–H and O–H groups in total. The van der Waals surface area contributed by atoms with Crippen molar-refractivity contribution in [3.8, 4) is 0 Å². The molecule has 1 amide bonds. The molecule has 0 unspecified atom stereocenters. The monoisotopic (exact) mass is 371 g/mol. The molecule has 27 heavy (non-hydrogen) atoms. The highest BCUT2D eigenvalue weighted by Gasteiger charge is 2.48. The molecule has 2 saturated heterocycles. The molecule has 3 heterocycles. The zero-order valence-electron chi connectivity index (χ0n) is 14.4. The van der Waals surface area contributed by atoms with E-state index in [9.17, 15) is 19.1 Å². The largest absolute Gasteiger partial charge is 0.507 e. The first kappa shape index (κ1) is 17.5. The maximum atomic E-state index is 13.2. The molecule has 6 nitrogen and oxygen atoms in total. The lowest BCUT2D eigenvalue weighted by Gasteiger charge is -2.25. The summed E-state index contributed by atoms with van der Waals surface area (Å²) in [6.45, 7) is 0.853. The van der Waals surface area contributed by atoms with Gasteiger partial charge in [-0.05, 0) is 49.2 Å². The fourth-order valence-corrected chi connectivity index (χ4v) is 3.58. The molecule has 140 valence electrons.